The Morgan fingerprint density at radius 2 is 2.08 bits per heavy atom. The van der Waals surface area contributed by atoms with Gasteiger partial charge >= 0.3 is 0 Å². The SMILES string of the molecule is CC1C(=O)N(Cl)c2ccccc21. The summed E-state index contributed by atoms with van der Waals surface area (Å²) in [7, 11) is 0. The van der Waals surface area contributed by atoms with Gasteiger partial charge in [-0.15, -0.1) is 0 Å². The molecule has 0 bridgehead atoms. The lowest BCUT2D eigenvalue weighted by molar-refractivity contribution is -0.117. The summed E-state index contributed by atoms with van der Waals surface area (Å²) < 4.78 is 1.19. The van der Waals surface area contributed by atoms with Gasteiger partial charge in [0, 0.05) is 11.8 Å². The number of carbonyl (C=O) groups is 1. The van der Waals surface area contributed by atoms with Crippen molar-refractivity contribution >= 4 is 23.4 Å². The molecule has 0 radical (unpaired) electrons. The number of nitrogens with zero attached hydrogens (tertiary/aromatic N) is 1. The average molecular weight is 182 g/mol. The molecule has 1 aromatic rings. The maximum Gasteiger partial charge on any atom is 0.248 e. The summed E-state index contributed by atoms with van der Waals surface area (Å²) in [6, 6.07) is 7.57. The van der Waals surface area contributed by atoms with Gasteiger partial charge in [0.05, 0.1) is 11.6 Å². The van der Waals surface area contributed by atoms with E-state index in [1.807, 2.05) is 31.2 Å². The number of fused-ring (bicyclic) bond motifs is 1. The van der Waals surface area contributed by atoms with Crippen molar-refractivity contribution in [2.24, 2.45) is 0 Å². The molecule has 1 atom stereocenters. The van der Waals surface area contributed by atoms with Crippen LogP contribution in [0.2, 0.25) is 0 Å². The van der Waals surface area contributed by atoms with E-state index in [-0.39, 0.29) is 11.8 Å². The Morgan fingerprint density at radius 1 is 1.42 bits per heavy atom. The van der Waals surface area contributed by atoms with Crippen molar-refractivity contribution in [3.63, 3.8) is 0 Å². The first-order chi connectivity index (χ1) is 5.72. The molecule has 1 aliphatic heterocycles. The largest absolute Gasteiger partial charge is 0.272 e. The summed E-state index contributed by atoms with van der Waals surface area (Å²) in [6.45, 7) is 1.86. The number of amides is 1. The molecule has 0 fully saturated rings. The third-order valence-electron chi connectivity index (χ3n) is 2.18. The van der Waals surface area contributed by atoms with Crippen molar-refractivity contribution in [2.45, 2.75) is 12.8 Å². The van der Waals surface area contributed by atoms with E-state index in [1.165, 1.54) is 4.42 Å². The van der Waals surface area contributed by atoms with E-state index < -0.39 is 0 Å². The van der Waals surface area contributed by atoms with Crippen LogP contribution >= 0.6 is 11.8 Å². The van der Waals surface area contributed by atoms with E-state index in [2.05, 4.69) is 0 Å². The molecule has 12 heavy (non-hydrogen) atoms. The average Bonchev–Trinajstić information content (AvgIpc) is 2.33. The molecular weight excluding hydrogens is 174 g/mol. The standard InChI is InChI=1S/C9H8ClNO/c1-6-7-4-2-3-5-8(7)11(10)9(6)12/h2-6H,1H3. The molecule has 2 nitrogen and oxygen atoms in total. The third kappa shape index (κ3) is 0.847. The van der Waals surface area contributed by atoms with Crippen molar-refractivity contribution in [2.75, 3.05) is 4.42 Å². The van der Waals surface area contributed by atoms with Gasteiger partial charge in [0.2, 0.25) is 5.91 Å². The number of anilines is 1. The second-order valence-electron chi connectivity index (χ2n) is 2.90. The van der Waals surface area contributed by atoms with Gasteiger partial charge in [-0.1, -0.05) is 18.2 Å². The van der Waals surface area contributed by atoms with Crippen molar-refractivity contribution in [1.82, 2.24) is 0 Å². The van der Waals surface area contributed by atoms with E-state index in [4.69, 9.17) is 11.8 Å². The first-order valence-corrected chi connectivity index (χ1v) is 4.14. The predicted molar refractivity (Wildman–Crippen MR) is 48.2 cm³/mol. The predicted octanol–water partition coefficient (Wildman–Crippen LogP) is 2.29. The van der Waals surface area contributed by atoms with Crippen molar-refractivity contribution < 1.29 is 4.79 Å². The number of hydrogen-bond donors (Lipinski definition) is 0. The van der Waals surface area contributed by atoms with Crippen LogP contribution in [0.25, 0.3) is 0 Å². The maximum atomic E-state index is 11.4. The van der Waals surface area contributed by atoms with E-state index in [0.717, 1.165) is 11.3 Å². The zero-order chi connectivity index (χ0) is 8.72. The summed E-state index contributed by atoms with van der Waals surface area (Å²) in [5.41, 5.74) is 1.83. The number of carbonyl (C=O) groups excluding carboxylic acids is 1. The van der Waals surface area contributed by atoms with Gasteiger partial charge in [-0.2, -0.15) is 0 Å². The molecule has 1 amide bonds. The fraction of sp³-hybridized carbons (Fsp3) is 0.222. The number of rotatable bonds is 0. The summed E-state index contributed by atoms with van der Waals surface area (Å²) >= 11 is 5.77. The van der Waals surface area contributed by atoms with E-state index >= 15 is 0 Å². The zero-order valence-electron chi connectivity index (χ0n) is 6.62. The molecule has 0 saturated carbocycles. The Labute approximate surface area is 75.9 Å². The minimum atomic E-state index is -0.0984. The molecule has 62 valence electrons. The fourth-order valence-electron chi connectivity index (χ4n) is 1.45. The molecule has 0 aliphatic carbocycles. The monoisotopic (exact) mass is 181 g/mol. The second kappa shape index (κ2) is 2.49. The van der Waals surface area contributed by atoms with Crippen LogP contribution in [0.5, 0.6) is 0 Å². The summed E-state index contributed by atoms with van der Waals surface area (Å²) in [5, 5.41) is 0. The van der Waals surface area contributed by atoms with Crippen LogP contribution in [0, 0.1) is 0 Å². The number of benzene rings is 1. The first-order valence-electron chi connectivity index (χ1n) is 3.80. The molecule has 3 heteroatoms. The molecule has 0 spiro atoms. The van der Waals surface area contributed by atoms with Crippen LogP contribution in [0.3, 0.4) is 0 Å². The van der Waals surface area contributed by atoms with Crippen molar-refractivity contribution in [1.29, 1.82) is 0 Å². The van der Waals surface area contributed by atoms with Gasteiger partial charge < -0.3 is 0 Å². The molecule has 0 aromatic heterocycles. The van der Waals surface area contributed by atoms with Crippen LogP contribution in [0.1, 0.15) is 18.4 Å². The topological polar surface area (TPSA) is 20.3 Å². The van der Waals surface area contributed by atoms with Gasteiger partial charge in [0.15, 0.2) is 0 Å². The number of halogens is 1. The van der Waals surface area contributed by atoms with Gasteiger partial charge in [-0.05, 0) is 18.6 Å². The molecular formula is C9H8ClNO. The minimum absolute atomic E-state index is 0.0436. The van der Waals surface area contributed by atoms with Crippen molar-refractivity contribution in [3.8, 4) is 0 Å². The zero-order valence-corrected chi connectivity index (χ0v) is 7.38. The second-order valence-corrected chi connectivity index (χ2v) is 3.24. The Kier molecular flexibility index (Phi) is 1.58. The normalized spacial score (nSPS) is 21.3. The Hall–Kier alpha value is -1.02. The highest BCUT2D eigenvalue weighted by Crippen LogP contribution is 2.37. The Morgan fingerprint density at radius 3 is 2.75 bits per heavy atom. The van der Waals surface area contributed by atoms with Crippen LogP contribution in [-0.2, 0) is 4.79 Å². The smallest absolute Gasteiger partial charge is 0.248 e. The number of hydrogen-bond acceptors (Lipinski definition) is 1. The summed E-state index contributed by atoms with van der Waals surface area (Å²) in [5.74, 6) is -0.142. The number of para-hydroxylation sites is 1. The van der Waals surface area contributed by atoms with Crippen LogP contribution in [0.4, 0.5) is 5.69 Å². The van der Waals surface area contributed by atoms with E-state index in [1.54, 1.807) is 0 Å². The van der Waals surface area contributed by atoms with Crippen LogP contribution in [-0.4, -0.2) is 5.91 Å². The minimum Gasteiger partial charge on any atom is -0.272 e. The van der Waals surface area contributed by atoms with Gasteiger partial charge in [0.1, 0.15) is 0 Å². The lowest BCUT2D eigenvalue weighted by Gasteiger charge is -2.04. The molecule has 0 N–H and O–H groups in total. The van der Waals surface area contributed by atoms with Gasteiger partial charge in [-0.3, -0.25) is 4.79 Å². The molecule has 1 aromatic carbocycles. The highest BCUT2D eigenvalue weighted by molar-refractivity contribution is 6.39. The van der Waals surface area contributed by atoms with Gasteiger partial charge in [-0.25, -0.2) is 4.42 Å². The fourth-order valence-corrected chi connectivity index (χ4v) is 1.75. The molecule has 1 aliphatic rings. The van der Waals surface area contributed by atoms with Crippen molar-refractivity contribution in [3.05, 3.63) is 29.8 Å². The highest BCUT2D eigenvalue weighted by atomic mass is 35.5. The summed E-state index contributed by atoms with van der Waals surface area (Å²) in [6.07, 6.45) is 0. The molecule has 1 unspecified atom stereocenters. The third-order valence-corrected chi connectivity index (χ3v) is 2.53. The van der Waals surface area contributed by atoms with Crippen LogP contribution < -0.4 is 4.42 Å². The maximum absolute atomic E-state index is 11.4. The lowest BCUT2D eigenvalue weighted by atomic mass is 10.0. The summed E-state index contributed by atoms with van der Waals surface area (Å²) in [4.78, 5) is 11.4. The lowest BCUT2D eigenvalue weighted by Crippen LogP contribution is -2.16. The first kappa shape index (κ1) is 7.62. The van der Waals surface area contributed by atoms with E-state index in [9.17, 15) is 4.79 Å². The quantitative estimate of drug-likeness (QED) is 0.563. The Balaban J connectivity index is 2.59. The van der Waals surface area contributed by atoms with Crippen LogP contribution in [0.15, 0.2) is 24.3 Å². The van der Waals surface area contributed by atoms with Gasteiger partial charge in [0.25, 0.3) is 0 Å². The molecule has 1 heterocycles. The molecule has 0 saturated heterocycles. The highest BCUT2D eigenvalue weighted by Gasteiger charge is 2.32. The Bertz CT molecular complexity index is 306. The van der Waals surface area contributed by atoms with E-state index in [0.29, 0.717) is 0 Å². The molecule has 2 rings (SSSR count).